The Kier molecular flexibility index (Phi) is 4.59. The van der Waals surface area contributed by atoms with Crippen molar-refractivity contribution >= 4 is 0 Å². The molecule has 0 spiro atoms. The van der Waals surface area contributed by atoms with E-state index in [-0.39, 0.29) is 6.61 Å². The Morgan fingerprint density at radius 2 is 2.19 bits per heavy atom. The van der Waals surface area contributed by atoms with Gasteiger partial charge in [-0.05, 0) is 6.42 Å². The summed E-state index contributed by atoms with van der Waals surface area (Å²) in [6.07, 6.45) is 0.773. The summed E-state index contributed by atoms with van der Waals surface area (Å²) in [7, 11) is 0. The fraction of sp³-hybridized carbons (Fsp3) is 0.467. The van der Waals surface area contributed by atoms with Crippen molar-refractivity contribution in [1.82, 2.24) is 20.4 Å². The maximum atomic E-state index is 9.02. The Morgan fingerprint density at radius 3 is 3.00 bits per heavy atom. The second kappa shape index (κ2) is 6.80. The van der Waals surface area contributed by atoms with Gasteiger partial charge in [-0.15, -0.1) is 0 Å². The molecule has 0 amide bonds. The summed E-state index contributed by atoms with van der Waals surface area (Å²) in [5.74, 6) is 1.27. The second-order valence-corrected chi connectivity index (χ2v) is 5.28. The van der Waals surface area contributed by atoms with Crippen LogP contribution in [0.5, 0.6) is 0 Å². The summed E-state index contributed by atoms with van der Waals surface area (Å²) >= 11 is 0. The van der Waals surface area contributed by atoms with Crippen LogP contribution in [0, 0.1) is 0 Å². The van der Waals surface area contributed by atoms with Crippen molar-refractivity contribution in [2.24, 2.45) is 0 Å². The van der Waals surface area contributed by atoms with Gasteiger partial charge in [-0.25, -0.2) is 0 Å². The fourth-order valence-electron chi connectivity index (χ4n) is 2.60. The van der Waals surface area contributed by atoms with Crippen LogP contribution in [0.3, 0.4) is 0 Å². The molecular weight excluding hydrogens is 268 g/mol. The minimum Gasteiger partial charge on any atom is -0.396 e. The number of hydrogen-bond donors (Lipinski definition) is 2. The van der Waals surface area contributed by atoms with Crippen molar-refractivity contribution < 1.29 is 9.63 Å². The van der Waals surface area contributed by atoms with Crippen molar-refractivity contribution in [2.45, 2.75) is 19.0 Å². The molecule has 6 heteroatoms. The number of aliphatic hydroxyl groups excluding tert-OH is 1. The van der Waals surface area contributed by atoms with Gasteiger partial charge >= 0.3 is 0 Å². The molecule has 0 radical (unpaired) electrons. The summed E-state index contributed by atoms with van der Waals surface area (Å²) < 4.78 is 5.34. The molecule has 2 N–H and O–H groups in total. The van der Waals surface area contributed by atoms with Crippen LogP contribution in [0.1, 0.15) is 12.3 Å². The summed E-state index contributed by atoms with van der Waals surface area (Å²) in [5, 5.41) is 16.5. The van der Waals surface area contributed by atoms with Gasteiger partial charge in [0, 0.05) is 37.8 Å². The van der Waals surface area contributed by atoms with Gasteiger partial charge in [-0.3, -0.25) is 4.90 Å². The fourth-order valence-corrected chi connectivity index (χ4v) is 2.60. The van der Waals surface area contributed by atoms with E-state index in [1.54, 1.807) is 0 Å². The van der Waals surface area contributed by atoms with Crippen molar-refractivity contribution in [1.29, 1.82) is 0 Å². The van der Waals surface area contributed by atoms with E-state index in [0.717, 1.165) is 31.6 Å². The quantitative estimate of drug-likeness (QED) is 0.851. The Hall–Kier alpha value is -1.76. The molecule has 1 aliphatic rings. The highest BCUT2D eigenvalue weighted by molar-refractivity contribution is 5.53. The predicted molar refractivity (Wildman–Crippen MR) is 78.5 cm³/mol. The largest absolute Gasteiger partial charge is 0.396 e. The smallest absolute Gasteiger partial charge is 0.241 e. The normalized spacial score (nSPS) is 19.8. The van der Waals surface area contributed by atoms with E-state index in [4.69, 9.17) is 9.63 Å². The maximum Gasteiger partial charge on any atom is 0.241 e. The van der Waals surface area contributed by atoms with E-state index < -0.39 is 0 Å². The lowest BCUT2D eigenvalue weighted by Crippen LogP contribution is -2.50. The lowest BCUT2D eigenvalue weighted by Gasteiger charge is -2.32. The number of nitrogens with one attached hydrogen (secondary N) is 1. The monoisotopic (exact) mass is 288 g/mol. The first-order chi connectivity index (χ1) is 10.3. The van der Waals surface area contributed by atoms with Gasteiger partial charge in [0.15, 0.2) is 0 Å². The molecule has 1 unspecified atom stereocenters. The van der Waals surface area contributed by atoms with Gasteiger partial charge in [0.2, 0.25) is 11.7 Å². The molecule has 0 bridgehead atoms. The van der Waals surface area contributed by atoms with Crippen LogP contribution in [0.15, 0.2) is 34.9 Å². The molecule has 1 aromatic carbocycles. The number of piperazine rings is 1. The van der Waals surface area contributed by atoms with Gasteiger partial charge in [-0.1, -0.05) is 35.5 Å². The highest BCUT2D eigenvalue weighted by atomic mass is 16.5. The molecule has 2 heterocycles. The number of nitrogens with zero attached hydrogens (tertiary/aromatic N) is 3. The minimum absolute atomic E-state index is 0.213. The minimum atomic E-state index is 0.213. The van der Waals surface area contributed by atoms with E-state index >= 15 is 0 Å². The average molecular weight is 288 g/mol. The molecule has 0 aliphatic carbocycles. The van der Waals surface area contributed by atoms with Gasteiger partial charge in [0.1, 0.15) is 0 Å². The molecular formula is C15H20N4O2. The second-order valence-electron chi connectivity index (χ2n) is 5.28. The number of aliphatic hydroxyl groups is 1. The van der Waals surface area contributed by atoms with Crippen molar-refractivity contribution in [3.8, 4) is 11.4 Å². The summed E-state index contributed by atoms with van der Waals surface area (Å²) in [5.41, 5.74) is 0.964. The molecule has 112 valence electrons. The summed E-state index contributed by atoms with van der Waals surface area (Å²) in [6, 6.07) is 10.2. The zero-order valence-corrected chi connectivity index (χ0v) is 11.9. The van der Waals surface area contributed by atoms with Gasteiger partial charge in [0.25, 0.3) is 0 Å². The van der Waals surface area contributed by atoms with Crippen LogP contribution in [0.4, 0.5) is 0 Å². The van der Waals surface area contributed by atoms with E-state index in [1.165, 1.54) is 0 Å². The van der Waals surface area contributed by atoms with E-state index in [1.807, 2.05) is 30.3 Å². The van der Waals surface area contributed by atoms with Crippen molar-refractivity contribution in [3.63, 3.8) is 0 Å². The number of benzene rings is 1. The van der Waals surface area contributed by atoms with Crippen LogP contribution in [-0.4, -0.2) is 52.4 Å². The highest BCUT2D eigenvalue weighted by Gasteiger charge is 2.20. The lowest BCUT2D eigenvalue weighted by atomic mass is 10.1. The Labute approximate surface area is 123 Å². The van der Waals surface area contributed by atoms with Crippen LogP contribution < -0.4 is 5.32 Å². The average Bonchev–Trinajstić information content (AvgIpc) is 2.97. The van der Waals surface area contributed by atoms with Gasteiger partial charge < -0.3 is 14.9 Å². The molecule has 1 aromatic heterocycles. The Morgan fingerprint density at radius 1 is 1.33 bits per heavy atom. The first kappa shape index (κ1) is 14.2. The Balaban J connectivity index is 1.62. The molecule has 6 nitrogen and oxygen atoms in total. The molecule has 2 aromatic rings. The van der Waals surface area contributed by atoms with E-state index in [9.17, 15) is 0 Å². The Bertz CT molecular complexity index is 556. The van der Waals surface area contributed by atoms with Crippen LogP contribution >= 0.6 is 0 Å². The van der Waals surface area contributed by atoms with E-state index in [2.05, 4.69) is 20.4 Å². The summed E-state index contributed by atoms with van der Waals surface area (Å²) in [6.45, 7) is 3.63. The third kappa shape index (κ3) is 3.66. The van der Waals surface area contributed by atoms with Crippen molar-refractivity contribution in [3.05, 3.63) is 36.2 Å². The van der Waals surface area contributed by atoms with Gasteiger partial charge in [-0.2, -0.15) is 4.98 Å². The molecule has 1 atom stereocenters. The predicted octanol–water partition coefficient (Wildman–Crippen LogP) is 0.893. The highest BCUT2D eigenvalue weighted by Crippen LogP contribution is 2.16. The summed E-state index contributed by atoms with van der Waals surface area (Å²) in [4.78, 5) is 6.73. The first-order valence-corrected chi connectivity index (χ1v) is 7.30. The standard InChI is InChI=1S/C15H20N4O2/c20-9-6-13-10-19(8-7-16-13)11-14-17-15(18-21-14)12-4-2-1-3-5-12/h1-5,13,16,20H,6-11H2. The molecule has 1 aliphatic heterocycles. The van der Waals surface area contributed by atoms with Crippen molar-refractivity contribution in [2.75, 3.05) is 26.2 Å². The zero-order valence-electron chi connectivity index (χ0n) is 11.9. The van der Waals surface area contributed by atoms with E-state index in [0.29, 0.717) is 24.3 Å². The molecule has 3 rings (SSSR count). The third-order valence-electron chi connectivity index (χ3n) is 3.68. The number of aromatic nitrogens is 2. The third-order valence-corrected chi connectivity index (χ3v) is 3.68. The zero-order chi connectivity index (χ0) is 14.5. The van der Waals surface area contributed by atoms with Crippen LogP contribution in [-0.2, 0) is 6.54 Å². The molecule has 0 saturated carbocycles. The molecule has 1 saturated heterocycles. The molecule has 21 heavy (non-hydrogen) atoms. The lowest BCUT2D eigenvalue weighted by molar-refractivity contribution is 0.153. The molecule has 1 fully saturated rings. The van der Waals surface area contributed by atoms with Crippen LogP contribution in [0.25, 0.3) is 11.4 Å². The van der Waals surface area contributed by atoms with Crippen LogP contribution in [0.2, 0.25) is 0 Å². The number of rotatable bonds is 5. The maximum absolute atomic E-state index is 9.02. The first-order valence-electron chi connectivity index (χ1n) is 7.30. The number of hydrogen-bond acceptors (Lipinski definition) is 6. The topological polar surface area (TPSA) is 74.4 Å². The SMILES string of the molecule is OCCC1CN(Cc2nc(-c3ccccc3)no2)CCN1. The van der Waals surface area contributed by atoms with Gasteiger partial charge in [0.05, 0.1) is 6.54 Å².